The van der Waals surface area contributed by atoms with E-state index in [0.29, 0.717) is 12.1 Å². The van der Waals surface area contributed by atoms with E-state index < -0.39 is 0 Å². The van der Waals surface area contributed by atoms with Crippen LogP contribution in [0.5, 0.6) is 0 Å². The van der Waals surface area contributed by atoms with Gasteiger partial charge in [0.2, 0.25) is 5.91 Å². The largest absolute Gasteiger partial charge is 0.352 e. The fourth-order valence-corrected chi connectivity index (χ4v) is 4.42. The zero-order chi connectivity index (χ0) is 20.1. The van der Waals surface area contributed by atoms with Gasteiger partial charge < -0.3 is 10.6 Å². The van der Waals surface area contributed by atoms with E-state index in [2.05, 4.69) is 15.6 Å². The summed E-state index contributed by atoms with van der Waals surface area (Å²) in [6, 6.07) is 13.2. The van der Waals surface area contributed by atoms with Crippen LogP contribution in [0, 0.1) is 13.8 Å². The topological polar surface area (TPSA) is 71.1 Å². The predicted octanol–water partition coefficient (Wildman–Crippen LogP) is 4.80. The van der Waals surface area contributed by atoms with Crippen LogP contribution >= 0.6 is 23.1 Å². The van der Waals surface area contributed by atoms with Crippen LogP contribution in [0.2, 0.25) is 0 Å². The molecular weight excluding hydrogens is 390 g/mol. The van der Waals surface area contributed by atoms with Gasteiger partial charge in [-0.2, -0.15) is 0 Å². The minimum Gasteiger partial charge on any atom is -0.352 e. The second-order valence-electron chi connectivity index (χ2n) is 6.39. The maximum atomic E-state index is 12.5. The summed E-state index contributed by atoms with van der Waals surface area (Å²) in [5, 5.41) is 7.73. The van der Waals surface area contributed by atoms with Gasteiger partial charge in [0.15, 0.2) is 4.34 Å². The van der Waals surface area contributed by atoms with Crippen LogP contribution in [-0.2, 0) is 11.3 Å². The van der Waals surface area contributed by atoms with Crippen molar-refractivity contribution in [3.05, 3.63) is 70.2 Å². The number of amides is 2. The second-order valence-corrected chi connectivity index (χ2v) is 8.57. The Hall–Kier alpha value is -2.64. The molecule has 28 heavy (non-hydrogen) atoms. The van der Waals surface area contributed by atoms with E-state index in [1.165, 1.54) is 6.92 Å². The number of nitrogens with zero attached hydrogens (tertiary/aromatic N) is 1. The molecule has 5 nitrogen and oxygen atoms in total. The van der Waals surface area contributed by atoms with Crippen LogP contribution in [-0.4, -0.2) is 16.8 Å². The summed E-state index contributed by atoms with van der Waals surface area (Å²) < 4.78 is 1.01. The maximum absolute atomic E-state index is 12.5. The van der Waals surface area contributed by atoms with E-state index in [1.54, 1.807) is 35.2 Å². The summed E-state index contributed by atoms with van der Waals surface area (Å²) in [6.45, 7) is 5.89. The second kappa shape index (κ2) is 9.03. The molecule has 7 heteroatoms. The molecule has 2 aromatic carbocycles. The number of thiazole rings is 1. The molecule has 0 aliphatic rings. The van der Waals surface area contributed by atoms with Gasteiger partial charge in [0.1, 0.15) is 0 Å². The number of hydrogen-bond donors (Lipinski definition) is 2. The minimum absolute atomic E-state index is 0.0797. The van der Waals surface area contributed by atoms with E-state index in [0.717, 1.165) is 31.7 Å². The van der Waals surface area contributed by atoms with E-state index in [4.69, 9.17) is 0 Å². The highest BCUT2D eigenvalue weighted by molar-refractivity contribution is 8.01. The average molecular weight is 412 g/mol. The van der Waals surface area contributed by atoms with Gasteiger partial charge in [-0.25, -0.2) is 4.98 Å². The summed E-state index contributed by atoms with van der Waals surface area (Å²) in [7, 11) is 0. The van der Waals surface area contributed by atoms with Gasteiger partial charge in [0.25, 0.3) is 5.91 Å². The quantitative estimate of drug-likeness (QED) is 0.611. The van der Waals surface area contributed by atoms with E-state index >= 15 is 0 Å². The first-order valence-electron chi connectivity index (χ1n) is 8.76. The zero-order valence-electron chi connectivity index (χ0n) is 15.9. The highest BCUT2D eigenvalue weighted by Gasteiger charge is 2.10. The summed E-state index contributed by atoms with van der Waals surface area (Å²) in [4.78, 5) is 29.1. The molecule has 0 saturated carbocycles. The molecule has 0 unspecified atom stereocenters. The van der Waals surface area contributed by atoms with Gasteiger partial charge >= 0.3 is 0 Å². The number of hydrogen-bond acceptors (Lipinski definition) is 5. The lowest BCUT2D eigenvalue weighted by molar-refractivity contribution is -0.119. The molecular formula is C21H21N3O2S2. The first kappa shape index (κ1) is 20.1. The van der Waals surface area contributed by atoms with Crippen LogP contribution in [0.1, 0.15) is 34.1 Å². The fraction of sp³-hybridized carbons (Fsp3) is 0.190. The van der Waals surface area contributed by atoms with Crippen molar-refractivity contribution in [2.75, 3.05) is 5.32 Å². The highest BCUT2D eigenvalue weighted by atomic mass is 32.2. The molecule has 0 bridgehead atoms. The van der Waals surface area contributed by atoms with Crippen molar-refractivity contribution in [2.24, 2.45) is 0 Å². The smallest absolute Gasteiger partial charge is 0.255 e. The minimum atomic E-state index is -0.162. The molecule has 1 aromatic heterocycles. The van der Waals surface area contributed by atoms with Gasteiger partial charge in [-0.3, -0.25) is 9.59 Å². The zero-order valence-corrected chi connectivity index (χ0v) is 17.5. The van der Waals surface area contributed by atoms with Crippen molar-refractivity contribution >= 4 is 40.6 Å². The number of aryl methyl sites for hydroxylation is 2. The Morgan fingerprint density at radius 3 is 2.46 bits per heavy atom. The van der Waals surface area contributed by atoms with E-state index in [9.17, 15) is 9.59 Å². The van der Waals surface area contributed by atoms with Crippen molar-refractivity contribution in [3.8, 4) is 0 Å². The van der Waals surface area contributed by atoms with Crippen LogP contribution in [0.15, 0.2) is 57.1 Å². The molecule has 3 rings (SSSR count). The summed E-state index contributed by atoms with van der Waals surface area (Å²) >= 11 is 3.25. The van der Waals surface area contributed by atoms with Gasteiger partial charge in [0, 0.05) is 40.7 Å². The Labute approximate surface area is 172 Å². The molecule has 0 aliphatic carbocycles. The van der Waals surface area contributed by atoms with Gasteiger partial charge in [-0.15, -0.1) is 11.3 Å². The number of nitrogens with one attached hydrogen (secondary N) is 2. The van der Waals surface area contributed by atoms with Crippen LogP contribution in [0.3, 0.4) is 0 Å². The number of rotatable bonds is 6. The summed E-state index contributed by atoms with van der Waals surface area (Å²) in [5.41, 5.74) is 4.32. The van der Waals surface area contributed by atoms with Crippen LogP contribution in [0.25, 0.3) is 0 Å². The molecule has 0 aliphatic heterocycles. The molecule has 0 saturated heterocycles. The number of benzene rings is 2. The third-order valence-electron chi connectivity index (χ3n) is 4.01. The number of carbonyl (C=O) groups excluding carboxylic acids is 2. The van der Waals surface area contributed by atoms with Crippen molar-refractivity contribution in [2.45, 2.75) is 36.6 Å². The normalized spacial score (nSPS) is 10.5. The van der Waals surface area contributed by atoms with Crippen LogP contribution in [0.4, 0.5) is 5.69 Å². The Morgan fingerprint density at radius 2 is 1.86 bits per heavy atom. The predicted molar refractivity (Wildman–Crippen MR) is 114 cm³/mol. The van der Waals surface area contributed by atoms with Gasteiger partial charge in [-0.1, -0.05) is 23.9 Å². The lowest BCUT2D eigenvalue weighted by Crippen LogP contribution is -2.19. The fourth-order valence-electron chi connectivity index (χ4n) is 2.51. The number of carbonyl (C=O) groups is 2. The van der Waals surface area contributed by atoms with Crippen molar-refractivity contribution in [1.82, 2.24) is 10.3 Å². The van der Waals surface area contributed by atoms with Gasteiger partial charge in [0.05, 0.1) is 0 Å². The lowest BCUT2D eigenvalue weighted by Gasteiger charge is -2.10. The molecule has 0 radical (unpaired) electrons. The SMILES string of the molecule is CC(=O)NCc1ccc(C(=O)Nc2ccc(Sc3nc(C)cs3)cc2C)cc1. The first-order chi connectivity index (χ1) is 13.4. The summed E-state index contributed by atoms with van der Waals surface area (Å²) in [5.74, 6) is -0.242. The number of anilines is 1. The average Bonchev–Trinajstić information content (AvgIpc) is 3.07. The monoisotopic (exact) mass is 411 g/mol. The van der Waals surface area contributed by atoms with Crippen LogP contribution < -0.4 is 10.6 Å². The molecule has 144 valence electrons. The first-order valence-corrected chi connectivity index (χ1v) is 10.5. The van der Waals surface area contributed by atoms with E-state index in [1.807, 2.05) is 49.6 Å². The molecule has 2 N–H and O–H groups in total. The van der Waals surface area contributed by atoms with Crippen molar-refractivity contribution in [1.29, 1.82) is 0 Å². The molecule has 0 atom stereocenters. The Kier molecular flexibility index (Phi) is 6.49. The third kappa shape index (κ3) is 5.43. The molecule has 0 fully saturated rings. The van der Waals surface area contributed by atoms with Crippen molar-refractivity contribution in [3.63, 3.8) is 0 Å². The van der Waals surface area contributed by atoms with Gasteiger partial charge in [-0.05, 0) is 55.3 Å². The Bertz CT molecular complexity index is 997. The maximum Gasteiger partial charge on any atom is 0.255 e. The molecule has 0 spiro atoms. The lowest BCUT2D eigenvalue weighted by atomic mass is 10.1. The standard InChI is InChI=1S/C21H21N3O2S2/c1-13-10-18(28-21-23-14(2)12-27-21)8-9-19(13)24-20(26)17-6-4-16(5-7-17)11-22-15(3)25/h4-10,12H,11H2,1-3H3,(H,22,25)(H,24,26). The Balaban J connectivity index is 1.64. The third-order valence-corrected chi connectivity index (χ3v) is 6.05. The highest BCUT2D eigenvalue weighted by Crippen LogP contribution is 2.32. The summed E-state index contributed by atoms with van der Waals surface area (Å²) in [6.07, 6.45) is 0. The Morgan fingerprint density at radius 1 is 1.11 bits per heavy atom. The number of aromatic nitrogens is 1. The molecule has 3 aromatic rings. The van der Waals surface area contributed by atoms with E-state index in [-0.39, 0.29) is 11.8 Å². The van der Waals surface area contributed by atoms with Crippen molar-refractivity contribution < 1.29 is 9.59 Å². The molecule has 1 heterocycles. The molecule has 2 amide bonds.